The molecule has 2 unspecified atom stereocenters. The number of aromatic nitrogens is 2. The van der Waals surface area contributed by atoms with Crippen molar-refractivity contribution in [3.63, 3.8) is 0 Å². The number of hydrogen-bond donors (Lipinski definition) is 2. The fourth-order valence-corrected chi connectivity index (χ4v) is 5.90. The zero-order valence-electron chi connectivity index (χ0n) is 23.3. The average Bonchev–Trinajstić information content (AvgIpc) is 3.05. The van der Waals surface area contributed by atoms with Crippen LogP contribution in [-0.4, -0.2) is 9.97 Å². The van der Waals surface area contributed by atoms with E-state index in [4.69, 9.17) is 0 Å². The van der Waals surface area contributed by atoms with Crippen LogP contribution in [-0.2, 0) is 12.8 Å². The van der Waals surface area contributed by atoms with Gasteiger partial charge in [0.25, 0.3) is 0 Å². The van der Waals surface area contributed by atoms with Crippen LogP contribution in [0.3, 0.4) is 0 Å². The van der Waals surface area contributed by atoms with E-state index in [2.05, 4.69) is 142 Å². The van der Waals surface area contributed by atoms with E-state index < -0.39 is 0 Å². The van der Waals surface area contributed by atoms with Gasteiger partial charge in [-0.2, -0.15) is 0 Å². The van der Waals surface area contributed by atoms with Crippen molar-refractivity contribution in [3.8, 4) is 22.3 Å². The molecule has 0 amide bonds. The van der Waals surface area contributed by atoms with Gasteiger partial charge < -0.3 is 10.6 Å². The summed E-state index contributed by atoms with van der Waals surface area (Å²) in [5.41, 5.74) is 11.5. The van der Waals surface area contributed by atoms with Gasteiger partial charge in [-0.1, -0.05) is 84.9 Å². The van der Waals surface area contributed by atoms with Gasteiger partial charge in [-0.05, 0) is 70.8 Å². The van der Waals surface area contributed by atoms with E-state index in [1.165, 1.54) is 33.4 Å². The van der Waals surface area contributed by atoms with Gasteiger partial charge in [0.05, 0.1) is 12.1 Å². The molecule has 0 saturated heterocycles. The molecular formula is C38H32N4. The molecule has 0 fully saturated rings. The Morgan fingerprint density at radius 2 is 0.905 bits per heavy atom. The first-order valence-electron chi connectivity index (χ1n) is 14.5. The van der Waals surface area contributed by atoms with Crippen LogP contribution in [0.1, 0.15) is 34.6 Å². The maximum absolute atomic E-state index is 4.67. The van der Waals surface area contributed by atoms with Crippen LogP contribution in [0.2, 0.25) is 0 Å². The minimum Gasteiger partial charge on any atom is -0.377 e. The molecule has 42 heavy (non-hydrogen) atoms. The highest BCUT2D eigenvalue weighted by molar-refractivity contribution is 5.81. The van der Waals surface area contributed by atoms with Gasteiger partial charge in [-0.15, -0.1) is 0 Å². The second-order valence-electron chi connectivity index (χ2n) is 10.8. The molecule has 2 atom stereocenters. The number of nitrogens with zero attached hydrogens (tertiary/aromatic N) is 2. The first-order chi connectivity index (χ1) is 20.8. The summed E-state index contributed by atoms with van der Waals surface area (Å²) in [6.45, 7) is 0. The predicted molar refractivity (Wildman–Crippen MR) is 172 cm³/mol. The van der Waals surface area contributed by atoms with Crippen molar-refractivity contribution < 1.29 is 0 Å². The molecule has 2 N–H and O–H groups in total. The Bertz CT molecular complexity index is 1670. The fraction of sp³-hybridized carbons (Fsp3) is 0.105. The van der Waals surface area contributed by atoms with Crippen molar-refractivity contribution in [2.24, 2.45) is 0 Å². The predicted octanol–water partition coefficient (Wildman–Crippen LogP) is 8.92. The summed E-state index contributed by atoms with van der Waals surface area (Å²) >= 11 is 0. The molecule has 1 aliphatic rings. The molecule has 0 saturated carbocycles. The van der Waals surface area contributed by atoms with E-state index in [-0.39, 0.29) is 12.1 Å². The van der Waals surface area contributed by atoms with Crippen molar-refractivity contribution >= 4 is 11.4 Å². The van der Waals surface area contributed by atoms with Crippen LogP contribution in [0, 0.1) is 0 Å². The third-order valence-corrected chi connectivity index (χ3v) is 7.99. The zero-order valence-corrected chi connectivity index (χ0v) is 23.3. The van der Waals surface area contributed by atoms with E-state index >= 15 is 0 Å². The van der Waals surface area contributed by atoms with Crippen molar-refractivity contribution in [3.05, 3.63) is 168 Å². The summed E-state index contributed by atoms with van der Waals surface area (Å²) in [7, 11) is 0. The molecule has 6 aromatic rings. The summed E-state index contributed by atoms with van der Waals surface area (Å²) in [4.78, 5) is 9.34. The summed E-state index contributed by atoms with van der Waals surface area (Å²) in [6, 6.07) is 47.4. The van der Waals surface area contributed by atoms with Crippen molar-refractivity contribution in [2.75, 3.05) is 10.6 Å². The Morgan fingerprint density at radius 3 is 1.36 bits per heavy atom. The molecule has 1 aliphatic heterocycles. The van der Waals surface area contributed by atoms with Gasteiger partial charge in [0, 0.05) is 59.1 Å². The third kappa shape index (κ3) is 5.52. The minimum atomic E-state index is 0.0316. The standard InChI is InChI=1S/C38H32N4/c1-3-19-35-33(17-1)27-11-9-13-29(23-27)38(26-32-16-6-8-22-40-32)42-36-20-4-2-18-34(36)28-12-10-14-30(24-28)37(41-35)25-31-15-5-7-21-39-31/h1-24,37-38,41-42H,25-26H2. The maximum Gasteiger partial charge on any atom is 0.0569 e. The molecule has 0 spiro atoms. The molecule has 0 radical (unpaired) electrons. The van der Waals surface area contributed by atoms with E-state index in [1.54, 1.807) is 0 Å². The van der Waals surface area contributed by atoms with Crippen LogP contribution in [0.25, 0.3) is 22.3 Å². The lowest BCUT2D eigenvalue weighted by atomic mass is 9.92. The number of nitrogens with one attached hydrogen (secondary N) is 2. The van der Waals surface area contributed by atoms with Gasteiger partial charge >= 0.3 is 0 Å². The van der Waals surface area contributed by atoms with Gasteiger partial charge in [0.1, 0.15) is 0 Å². The first kappa shape index (κ1) is 25.7. The Kier molecular flexibility index (Phi) is 7.18. The quantitative estimate of drug-likeness (QED) is 0.233. The number of benzene rings is 4. The summed E-state index contributed by atoms with van der Waals surface area (Å²) in [5, 5.41) is 7.85. The zero-order chi connectivity index (χ0) is 28.1. The van der Waals surface area contributed by atoms with E-state index in [0.717, 1.165) is 35.6 Å². The third-order valence-electron chi connectivity index (χ3n) is 7.99. The van der Waals surface area contributed by atoms with Crippen molar-refractivity contribution in [1.82, 2.24) is 9.97 Å². The van der Waals surface area contributed by atoms with Crippen molar-refractivity contribution in [1.29, 1.82) is 0 Å². The van der Waals surface area contributed by atoms with Crippen LogP contribution < -0.4 is 10.6 Å². The van der Waals surface area contributed by atoms with Crippen LogP contribution in [0.4, 0.5) is 11.4 Å². The molecule has 7 rings (SSSR count). The normalized spacial score (nSPS) is 15.7. The van der Waals surface area contributed by atoms with Crippen LogP contribution in [0.5, 0.6) is 0 Å². The molecule has 4 heteroatoms. The monoisotopic (exact) mass is 544 g/mol. The van der Waals surface area contributed by atoms with E-state index in [9.17, 15) is 0 Å². The second kappa shape index (κ2) is 11.7. The van der Waals surface area contributed by atoms with E-state index in [0.29, 0.717) is 0 Å². The van der Waals surface area contributed by atoms with Crippen LogP contribution >= 0.6 is 0 Å². The highest BCUT2D eigenvalue weighted by Crippen LogP contribution is 2.38. The molecular weight excluding hydrogens is 512 g/mol. The fourth-order valence-electron chi connectivity index (χ4n) is 5.90. The largest absolute Gasteiger partial charge is 0.377 e. The number of fused-ring (bicyclic) bond motifs is 8. The summed E-state index contributed by atoms with van der Waals surface area (Å²) in [5.74, 6) is 0. The lowest BCUT2D eigenvalue weighted by molar-refractivity contribution is 0.754. The molecule has 3 heterocycles. The Balaban J connectivity index is 1.41. The average molecular weight is 545 g/mol. The highest BCUT2D eigenvalue weighted by Gasteiger charge is 2.20. The first-order valence-corrected chi connectivity index (χ1v) is 14.5. The number of anilines is 2. The van der Waals surface area contributed by atoms with Crippen LogP contribution in [0.15, 0.2) is 146 Å². The molecule has 0 aliphatic carbocycles. The molecule has 4 nitrogen and oxygen atoms in total. The van der Waals surface area contributed by atoms with Crippen molar-refractivity contribution in [2.45, 2.75) is 24.9 Å². The Hall–Kier alpha value is -5.22. The summed E-state index contributed by atoms with van der Waals surface area (Å²) in [6.07, 6.45) is 5.28. The van der Waals surface area contributed by atoms with Gasteiger partial charge in [0.15, 0.2) is 0 Å². The SMILES string of the molecule is c1ccc(CC2Nc3ccccc3-c3cccc(c3)C(Cc3ccccn3)Nc3ccccc3-c3cccc2c3)nc1. The Labute approximate surface area is 247 Å². The lowest BCUT2D eigenvalue weighted by Crippen LogP contribution is -2.17. The molecule has 2 aromatic heterocycles. The Morgan fingerprint density at radius 1 is 0.452 bits per heavy atom. The highest BCUT2D eigenvalue weighted by atomic mass is 14.9. The smallest absolute Gasteiger partial charge is 0.0569 e. The summed E-state index contributed by atoms with van der Waals surface area (Å²) < 4.78 is 0. The maximum atomic E-state index is 4.67. The molecule has 204 valence electrons. The van der Waals surface area contributed by atoms with Gasteiger partial charge in [0.2, 0.25) is 0 Å². The second-order valence-corrected chi connectivity index (χ2v) is 10.8. The van der Waals surface area contributed by atoms with Gasteiger partial charge in [-0.25, -0.2) is 0 Å². The van der Waals surface area contributed by atoms with Gasteiger partial charge in [-0.3, -0.25) is 9.97 Å². The number of pyridine rings is 2. The number of para-hydroxylation sites is 2. The topological polar surface area (TPSA) is 49.8 Å². The van der Waals surface area contributed by atoms with E-state index in [1.807, 2.05) is 24.5 Å². The molecule has 4 aromatic carbocycles. The molecule has 4 bridgehead atoms. The minimum absolute atomic E-state index is 0.0316. The number of hydrogen-bond acceptors (Lipinski definition) is 4. The number of rotatable bonds is 4. The lowest BCUT2D eigenvalue weighted by Gasteiger charge is -2.26.